The fourth-order valence-corrected chi connectivity index (χ4v) is 4.18. The predicted octanol–water partition coefficient (Wildman–Crippen LogP) is 5.23. The summed E-state index contributed by atoms with van der Waals surface area (Å²) in [5, 5.41) is 0. The van der Waals surface area contributed by atoms with Crippen LogP contribution in [0.25, 0.3) is 11.4 Å². The van der Waals surface area contributed by atoms with E-state index in [0.29, 0.717) is 36.5 Å². The summed E-state index contributed by atoms with van der Waals surface area (Å²) in [5.74, 6) is -0.357. The van der Waals surface area contributed by atoms with Gasteiger partial charge in [0.05, 0.1) is 12.5 Å². The van der Waals surface area contributed by atoms with Crippen LogP contribution in [0.15, 0.2) is 89.7 Å². The molecule has 172 valence electrons. The van der Waals surface area contributed by atoms with E-state index >= 15 is 0 Å². The Balaban J connectivity index is 1.74. The van der Waals surface area contributed by atoms with Crippen LogP contribution in [0.2, 0.25) is 0 Å². The highest BCUT2D eigenvalue weighted by atomic mass is 16.5. The maximum atomic E-state index is 13.1. The lowest BCUT2D eigenvalue weighted by Crippen LogP contribution is -2.21. The van der Waals surface area contributed by atoms with Gasteiger partial charge in [-0.1, -0.05) is 84.9 Å². The van der Waals surface area contributed by atoms with Crippen molar-refractivity contribution in [2.24, 2.45) is 0 Å². The molecule has 1 heterocycles. The van der Waals surface area contributed by atoms with Gasteiger partial charge in [0.15, 0.2) is 0 Å². The van der Waals surface area contributed by atoms with Gasteiger partial charge in [0, 0.05) is 23.2 Å². The summed E-state index contributed by atoms with van der Waals surface area (Å²) in [5.41, 5.74) is 4.73. The second kappa shape index (κ2) is 10.8. The lowest BCUT2D eigenvalue weighted by atomic mass is 9.88. The van der Waals surface area contributed by atoms with E-state index in [4.69, 9.17) is 9.72 Å². The van der Waals surface area contributed by atoms with Crippen LogP contribution in [0, 0.1) is 6.92 Å². The van der Waals surface area contributed by atoms with Crippen molar-refractivity contribution in [1.29, 1.82) is 0 Å². The van der Waals surface area contributed by atoms with Crippen LogP contribution in [-0.2, 0) is 22.4 Å². The molecular weight excluding hydrogens is 424 g/mol. The van der Waals surface area contributed by atoms with E-state index in [1.54, 1.807) is 6.92 Å². The number of hydrogen-bond acceptors (Lipinski definition) is 4. The van der Waals surface area contributed by atoms with Crippen LogP contribution in [0.3, 0.4) is 0 Å². The predicted molar refractivity (Wildman–Crippen MR) is 134 cm³/mol. The molecule has 0 aliphatic heterocycles. The second-order valence-corrected chi connectivity index (χ2v) is 8.22. The topological polar surface area (TPSA) is 72.0 Å². The fraction of sp³-hybridized carbons (Fsp3) is 0.207. The molecule has 4 rings (SSSR count). The van der Waals surface area contributed by atoms with Crippen LogP contribution in [0.5, 0.6) is 0 Å². The summed E-state index contributed by atoms with van der Waals surface area (Å²) in [7, 11) is 0. The first kappa shape index (κ1) is 23.2. The summed E-state index contributed by atoms with van der Waals surface area (Å²) in [4.78, 5) is 33.8. The van der Waals surface area contributed by atoms with E-state index in [9.17, 15) is 9.59 Å². The third-order valence-corrected chi connectivity index (χ3v) is 5.89. The average Bonchev–Trinajstić information content (AvgIpc) is 2.86. The lowest BCUT2D eigenvalue weighted by molar-refractivity contribution is -0.144. The summed E-state index contributed by atoms with van der Waals surface area (Å²) >= 11 is 0. The monoisotopic (exact) mass is 452 g/mol. The number of nitrogens with one attached hydrogen (secondary N) is 1. The highest BCUT2D eigenvalue weighted by molar-refractivity contribution is 5.82. The molecule has 0 saturated heterocycles. The first-order chi connectivity index (χ1) is 16.6. The Labute approximate surface area is 199 Å². The number of hydrogen-bond donors (Lipinski definition) is 1. The quantitative estimate of drug-likeness (QED) is 0.372. The molecule has 1 N–H and O–H groups in total. The molecule has 0 fully saturated rings. The number of carbonyl (C=O) groups excluding carboxylic acids is 1. The number of nitrogens with zero attached hydrogens (tertiary/aromatic N) is 1. The fourth-order valence-electron chi connectivity index (χ4n) is 4.18. The van der Waals surface area contributed by atoms with Gasteiger partial charge in [-0.25, -0.2) is 4.98 Å². The number of H-pyrrole nitrogens is 1. The lowest BCUT2D eigenvalue weighted by Gasteiger charge is -2.19. The molecule has 4 aromatic rings. The molecule has 0 radical (unpaired) electrons. The highest BCUT2D eigenvalue weighted by Crippen LogP contribution is 2.31. The zero-order valence-corrected chi connectivity index (χ0v) is 19.5. The van der Waals surface area contributed by atoms with Crippen molar-refractivity contribution < 1.29 is 9.53 Å². The average molecular weight is 453 g/mol. The molecule has 1 atom stereocenters. The maximum Gasteiger partial charge on any atom is 0.313 e. The molecule has 0 bridgehead atoms. The Morgan fingerprint density at radius 3 is 2.18 bits per heavy atom. The zero-order valence-electron chi connectivity index (χ0n) is 19.5. The number of rotatable bonds is 8. The Hall–Kier alpha value is -3.99. The van der Waals surface area contributed by atoms with Crippen molar-refractivity contribution in [2.75, 3.05) is 6.61 Å². The molecule has 0 unspecified atom stereocenters. The van der Waals surface area contributed by atoms with E-state index in [1.807, 2.05) is 91.9 Å². The van der Waals surface area contributed by atoms with Crippen molar-refractivity contribution in [3.63, 3.8) is 0 Å². The van der Waals surface area contributed by atoms with Crippen LogP contribution < -0.4 is 5.56 Å². The van der Waals surface area contributed by atoms with E-state index in [-0.39, 0.29) is 11.5 Å². The number of aryl methyl sites for hydroxylation is 1. The molecule has 1 aromatic heterocycles. The number of aromatic nitrogens is 2. The van der Waals surface area contributed by atoms with Gasteiger partial charge in [-0.2, -0.15) is 0 Å². The molecule has 5 heteroatoms. The second-order valence-electron chi connectivity index (χ2n) is 8.22. The SMILES string of the molecule is CCOC(=O)[C@@H](Cc1ccccc1)c1ccccc1-c1nc(C)c(Cc2ccccc2)c(=O)[nH]1. The minimum absolute atomic E-state index is 0.170. The first-order valence-electron chi connectivity index (χ1n) is 11.5. The van der Waals surface area contributed by atoms with Gasteiger partial charge in [0.2, 0.25) is 0 Å². The number of ether oxygens (including phenoxy) is 1. The Kier molecular flexibility index (Phi) is 7.33. The molecule has 0 aliphatic rings. The van der Waals surface area contributed by atoms with E-state index in [1.165, 1.54) is 0 Å². The van der Waals surface area contributed by atoms with Crippen LogP contribution >= 0.6 is 0 Å². The standard InChI is InChI=1S/C29H28N2O3/c1-3-34-29(33)26(19-22-14-8-5-9-15-22)23-16-10-11-17-24(23)27-30-20(2)25(28(32)31-27)18-21-12-6-4-7-13-21/h4-17,26H,3,18-19H2,1-2H3,(H,30,31,32)/t26-/m0/s1. The number of esters is 1. The van der Waals surface area contributed by atoms with Gasteiger partial charge in [-0.15, -0.1) is 0 Å². The molecule has 3 aromatic carbocycles. The van der Waals surface area contributed by atoms with Crippen molar-refractivity contribution in [3.8, 4) is 11.4 Å². The van der Waals surface area contributed by atoms with Gasteiger partial charge in [-0.3, -0.25) is 9.59 Å². The van der Waals surface area contributed by atoms with Gasteiger partial charge in [0.25, 0.3) is 5.56 Å². The zero-order chi connectivity index (χ0) is 23.9. The van der Waals surface area contributed by atoms with Gasteiger partial charge in [0.1, 0.15) is 5.82 Å². The number of aromatic amines is 1. The minimum atomic E-state index is -0.520. The van der Waals surface area contributed by atoms with Crippen molar-refractivity contribution >= 4 is 5.97 Å². The van der Waals surface area contributed by atoms with Crippen molar-refractivity contribution in [2.45, 2.75) is 32.6 Å². The Morgan fingerprint density at radius 2 is 1.53 bits per heavy atom. The van der Waals surface area contributed by atoms with Crippen LogP contribution in [0.1, 0.15) is 40.8 Å². The number of benzene rings is 3. The Morgan fingerprint density at radius 1 is 0.912 bits per heavy atom. The third-order valence-electron chi connectivity index (χ3n) is 5.89. The maximum absolute atomic E-state index is 13.1. The summed E-state index contributed by atoms with van der Waals surface area (Å²) in [6.07, 6.45) is 1.00. The minimum Gasteiger partial charge on any atom is -0.466 e. The summed E-state index contributed by atoms with van der Waals surface area (Å²) < 4.78 is 5.42. The van der Waals surface area contributed by atoms with Crippen LogP contribution in [0.4, 0.5) is 0 Å². The van der Waals surface area contributed by atoms with E-state index in [0.717, 1.165) is 22.3 Å². The molecule has 34 heavy (non-hydrogen) atoms. The highest BCUT2D eigenvalue weighted by Gasteiger charge is 2.26. The largest absolute Gasteiger partial charge is 0.466 e. The first-order valence-corrected chi connectivity index (χ1v) is 11.5. The number of carbonyl (C=O) groups is 1. The molecule has 0 spiro atoms. The van der Waals surface area contributed by atoms with Crippen molar-refractivity contribution in [1.82, 2.24) is 9.97 Å². The third kappa shape index (κ3) is 5.31. The molecule has 5 nitrogen and oxygen atoms in total. The van der Waals surface area contributed by atoms with Gasteiger partial charge >= 0.3 is 5.97 Å². The summed E-state index contributed by atoms with van der Waals surface area (Å²) in [6, 6.07) is 27.3. The molecule has 0 amide bonds. The van der Waals surface area contributed by atoms with Gasteiger partial charge < -0.3 is 9.72 Å². The Bertz CT molecular complexity index is 1310. The van der Waals surface area contributed by atoms with E-state index < -0.39 is 5.92 Å². The molecule has 0 aliphatic carbocycles. The normalized spacial score (nSPS) is 11.7. The van der Waals surface area contributed by atoms with Gasteiger partial charge in [-0.05, 0) is 37.0 Å². The van der Waals surface area contributed by atoms with E-state index in [2.05, 4.69) is 4.98 Å². The molecular formula is C29H28N2O3. The molecule has 0 saturated carbocycles. The summed E-state index contributed by atoms with van der Waals surface area (Å²) in [6.45, 7) is 3.96. The van der Waals surface area contributed by atoms with Crippen LogP contribution in [-0.4, -0.2) is 22.5 Å². The van der Waals surface area contributed by atoms with Crippen molar-refractivity contribution in [3.05, 3.63) is 123 Å². The smallest absolute Gasteiger partial charge is 0.313 e.